The van der Waals surface area contributed by atoms with E-state index in [0.717, 1.165) is 42.8 Å². The molecule has 3 heterocycles. The average molecular weight is 362 g/mol. The molecule has 1 fully saturated rings. The number of hydrogen-bond acceptors (Lipinski definition) is 5. The first-order valence-corrected chi connectivity index (χ1v) is 9.20. The molecular formula is C21H22N4O2. The van der Waals surface area contributed by atoms with E-state index in [4.69, 9.17) is 4.98 Å². The van der Waals surface area contributed by atoms with Crippen LogP contribution in [-0.4, -0.2) is 38.0 Å². The Morgan fingerprint density at radius 2 is 2.00 bits per heavy atom. The SMILES string of the molecule is O=c1cc(C2CCCN(Cc3ccccc3O)C2)nc(-c2ccncc2)[nH]1. The summed E-state index contributed by atoms with van der Waals surface area (Å²) in [5.41, 5.74) is 2.47. The third kappa shape index (κ3) is 4.06. The standard InChI is InChI=1S/C21H22N4O2/c26-19-6-2-1-4-17(19)14-25-11-3-5-16(13-25)18-12-20(27)24-21(23-18)15-7-9-22-10-8-15/h1-2,4,6-10,12,16,26H,3,5,11,13-14H2,(H,23,24,27). The molecule has 1 atom stereocenters. The van der Waals surface area contributed by atoms with E-state index < -0.39 is 0 Å². The van der Waals surface area contributed by atoms with Crippen LogP contribution in [-0.2, 0) is 6.54 Å². The van der Waals surface area contributed by atoms with E-state index in [-0.39, 0.29) is 11.5 Å². The number of aromatic amines is 1. The topological polar surface area (TPSA) is 82.1 Å². The number of benzene rings is 1. The number of rotatable bonds is 4. The molecule has 0 aliphatic carbocycles. The predicted octanol–water partition coefficient (Wildman–Crippen LogP) is 2.92. The van der Waals surface area contributed by atoms with Crippen LogP contribution >= 0.6 is 0 Å². The molecule has 1 unspecified atom stereocenters. The van der Waals surface area contributed by atoms with Crippen molar-refractivity contribution < 1.29 is 5.11 Å². The quantitative estimate of drug-likeness (QED) is 0.746. The van der Waals surface area contributed by atoms with E-state index in [1.807, 2.05) is 30.3 Å². The molecule has 1 aliphatic heterocycles. The molecule has 1 aliphatic rings. The van der Waals surface area contributed by atoms with Gasteiger partial charge in [0.05, 0.1) is 5.69 Å². The lowest BCUT2D eigenvalue weighted by atomic mass is 9.94. The summed E-state index contributed by atoms with van der Waals surface area (Å²) in [6.07, 6.45) is 5.42. The highest BCUT2D eigenvalue weighted by Crippen LogP contribution is 2.28. The van der Waals surface area contributed by atoms with Gasteiger partial charge in [-0.3, -0.25) is 14.7 Å². The van der Waals surface area contributed by atoms with Gasteiger partial charge in [0.15, 0.2) is 0 Å². The van der Waals surface area contributed by atoms with Crippen molar-refractivity contribution >= 4 is 0 Å². The average Bonchev–Trinajstić information content (AvgIpc) is 2.70. The molecule has 0 spiro atoms. The smallest absolute Gasteiger partial charge is 0.251 e. The second-order valence-electron chi connectivity index (χ2n) is 6.96. The van der Waals surface area contributed by atoms with Crippen LogP contribution in [0.1, 0.15) is 30.0 Å². The minimum Gasteiger partial charge on any atom is -0.508 e. The number of phenols is 1. The lowest BCUT2D eigenvalue weighted by Gasteiger charge is -2.32. The van der Waals surface area contributed by atoms with Crippen LogP contribution in [0.5, 0.6) is 5.75 Å². The number of nitrogens with one attached hydrogen (secondary N) is 1. The number of hydrogen-bond donors (Lipinski definition) is 2. The lowest BCUT2D eigenvalue weighted by Crippen LogP contribution is -2.34. The van der Waals surface area contributed by atoms with Gasteiger partial charge in [-0.15, -0.1) is 0 Å². The van der Waals surface area contributed by atoms with Crippen LogP contribution in [0.3, 0.4) is 0 Å². The largest absolute Gasteiger partial charge is 0.508 e. The van der Waals surface area contributed by atoms with E-state index in [0.29, 0.717) is 18.1 Å². The van der Waals surface area contributed by atoms with Crippen LogP contribution in [0.15, 0.2) is 59.7 Å². The molecule has 0 radical (unpaired) electrons. The number of aromatic nitrogens is 3. The summed E-state index contributed by atoms with van der Waals surface area (Å²) in [5, 5.41) is 10.0. The van der Waals surface area contributed by atoms with E-state index in [1.54, 1.807) is 24.5 Å². The van der Waals surface area contributed by atoms with Gasteiger partial charge in [0.1, 0.15) is 11.6 Å². The van der Waals surface area contributed by atoms with Gasteiger partial charge in [0.25, 0.3) is 5.56 Å². The highest BCUT2D eigenvalue weighted by Gasteiger charge is 2.24. The second kappa shape index (κ2) is 7.72. The highest BCUT2D eigenvalue weighted by molar-refractivity contribution is 5.53. The fourth-order valence-corrected chi connectivity index (χ4v) is 3.66. The normalized spacial score (nSPS) is 17.7. The second-order valence-corrected chi connectivity index (χ2v) is 6.96. The number of likely N-dealkylation sites (tertiary alicyclic amines) is 1. The molecule has 0 amide bonds. The maximum absolute atomic E-state index is 12.2. The van der Waals surface area contributed by atoms with Gasteiger partial charge in [0.2, 0.25) is 0 Å². The molecule has 1 saturated heterocycles. The van der Waals surface area contributed by atoms with Crippen LogP contribution in [0, 0.1) is 0 Å². The fourth-order valence-electron chi connectivity index (χ4n) is 3.66. The molecule has 2 aromatic heterocycles. The van der Waals surface area contributed by atoms with Crippen LogP contribution in [0.4, 0.5) is 0 Å². The number of para-hydroxylation sites is 1. The van der Waals surface area contributed by atoms with Gasteiger partial charge >= 0.3 is 0 Å². The van der Waals surface area contributed by atoms with E-state index in [9.17, 15) is 9.90 Å². The van der Waals surface area contributed by atoms with Crippen LogP contribution in [0.2, 0.25) is 0 Å². The van der Waals surface area contributed by atoms with Crippen molar-refractivity contribution in [1.29, 1.82) is 0 Å². The van der Waals surface area contributed by atoms with Crippen molar-refractivity contribution in [3.63, 3.8) is 0 Å². The number of phenolic OH excluding ortho intramolecular Hbond substituents is 1. The zero-order valence-corrected chi connectivity index (χ0v) is 15.0. The Balaban J connectivity index is 1.55. The predicted molar refractivity (Wildman–Crippen MR) is 103 cm³/mol. The molecule has 0 saturated carbocycles. The number of nitrogens with zero attached hydrogens (tertiary/aromatic N) is 3. The number of H-pyrrole nitrogens is 1. The van der Waals surface area contributed by atoms with Crippen LogP contribution < -0.4 is 5.56 Å². The van der Waals surface area contributed by atoms with E-state index >= 15 is 0 Å². The summed E-state index contributed by atoms with van der Waals surface area (Å²) in [6, 6.07) is 12.7. The van der Waals surface area contributed by atoms with E-state index in [1.165, 1.54) is 0 Å². The zero-order valence-electron chi connectivity index (χ0n) is 15.0. The molecule has 3 aromatic rings. The lowest BCUT2D eigenvalue weighted by molar-refractivity contribution is 0.196. The third-order valence-electron chi connectivity index (χ3n) is 5.02. The van der Waals surface area contributed by atoms with Gasteiger partial charge in [-0.2, -0.15) is 0 Å². The summed E-state index contributed by atoms with van der Waals surface area (Å²) in [4.78, 5) is 26.1. The molecule has 0 bridgehead atoms. The molecule has 2 N–H and O–H groups in total. The Morgan fingerprint density at radius 1 is 1.19 bits per heavy atom. The maximum Gasteiger partial charge on any atom is 0.251 e. The molecule has 4 rings (SSSR count). The van der Waals surface area contributed by atoms with Gasteiger partial charge in [-0.1, -0.05) is 18.2 Å². The van der Waals surface area contributed by atoms with Crippen molar-refractivity contribution in [2.75, 3.05) is 13.1 Å². The maximum atomic E-state index is 12.2. The van der Waals surface area contributed by atoms with Gasteiger partial charge in [-0.25, -0.2) is 4.98 Å². The van der Waals surface area contributed by atoms with Crippen molar-refractivity contribution in [1.82, 2.24) is 19.9 Å². The van der Waals surface area contributed by atoms with Crippen molar-refractivity contribution in [2.24, 2.45) is 0 Å². The summed E-state index contributed by atoms with van der Waals surface area (Å²) in [7, 11) is 0. The molecule has 27 heavy (non-hydrogen) atoms. The Morgan fingerprint density at radius 3 is 2.81 bits per heavy atom. The number of aromatic hydroxyl groups is 1. The summed E-state index contributed by atoms with van der Waals surface area (Å²) >= 11 is 0. The summed E-state index contributed by atoms with van der Waals surface area (Å²) < 4.78 is 0. The monoisotopic (exact) mass is 362 g/mol. The van der Waals surface area contributed by atoms with Gasteiger partial charge < -0.3 is 10.1 Å². The first kappa shape index (κ1) is 17.4. The number of piperidine rings is 1. The van der Waals surface area contributed by atoms with Gasteiger partial charge in [0, 0.05) is 48.6 Å². The first-order valence-electron chi connectivity index (χ1n) is 9.20. The molecule has 6 nitrogen and oxygen atoms in total. The third-order valence-corrected chi connectivity index (χ3v) is 5.02. The van der Waals surface area contributed by atoms with Crippen molar-refractivity contribution in [3.8, 4) is 17.1 Å². The van der Waals surface area contributed by atoms with Gasteiger partial charge in [-0.05, 0) is 37.6 Å². The Bertz CT molecular complexity index is 971. The first-order chi connectivity index (χ1) is 13.2. The highest BCUT2D eigenvalue weighted by atomic mass is 16.3. The van der Waals surface area contributed by atoms with Crippen LogP contribution in [0.25, 0.3) is 11.4 Å². The fraction of sp³-hybridized carbons (Fsp3) is 0.286. The molecule has 6 heteroatoms. The van der Waals surface area contributed by atoms with Crippen molar-refractivity contribution in [3.05, 3.63) is 76.5 Å². The van der Waals surface area contributed by atoms with Crippen molar-refractivity contribution in [2.45, 2.75) is 25.3 Å². The zero-order chi connectivity index (χ0) is 18.6. The Hall–Kier alpha value is -2.99. The Kier molecular flexibility index (Phi) is 4.98. The summed E-state index contributed by atoms with van der Waals surface area (Å²) in [5.74, 6) is 1.11. The van der Waals surface area contributed by atoms with E-state index in [2.05, 4.69) is 14.9 Å². The number of pyridine rings is 1. The minimum absolute atomic E-state index is 0.135. The molecule has 138 valence electrons. The Labute approximate surface area is 157 Å². The molecular weight excluding hydrogens is 340 g/mol. The molecule has 1 aromatic carbocycles. The minimum atomic E-state index is -0.135. The summed E-state index contributed by atoms with van der Waals surface area (Å²) in [6.45, 7) is 2.50.